The summed E-state index contributed by atoms with van der Waals surface area (Å²) >= 11 is 26.3. The first kappa shape index (κ1) is 46.2. The molecule has 0 aliphatic carbocycles. The minimum Gasteiger partial charge on any atom is -0.497 e. The molecule has 0 bridgehead atoms. The first-order valence-electron chi connectivity index (χ1n) is 18.6. The number of halogens is 7. The van der Waals surface area contributed by atoms with Crippen molar-refractivity contribution in [1.82, 2.24) is 30.2 Å². The number of hydrogen-bond donors (Lipinski definition) is 3. The van der Waals surface area contributed by atoms with Crippen LogP contribution in [0.5, 0.6) is 11.5 Å². The van der Waals surface area contributed by atoms with Gasteiger partial charge in [-0.25, -0.2) is 23.5 Å². The van der Waals surface area contributed by atoms with Crippen molar-refractivity contribution in [3.8, 4) is 11.5 Å². The number of benzene rings is 4. The molecule has 0 saturated carbocycles. The van der Waals surface area contributed by atoms with Gasteiger partial charge in [0.2, 0.25) is 5.28 Å². The number of aromatic nitrogens is 4. The van der Waals surface area contributed by atoms with E-state index >= 15 is 0 Å². The first-order valence-corrected chi connectivity index (χ1v) is 23.8. The molecule has 3 atom stereocenters. The molecule has 19 heteroatoms. The van der Waals surface area contributed by atoms with Gasteiger partial charge in [-0.05, 0) is 129 Å². The lowest BCUT2D eigenvalue weighted by Crippen LogP contribution is -2.46. The van der Waals surface area contributed by atoms with E-state index in [-0.39, 0.29) is 34.9 Å². The second-order valence-corrected chi connectivity index (χ2v) is 21.3. The number of H-pyrrole nitrogens is 2. The highest BCUT2D eigenvalue weighted by molar-refractivity contribution is 8.24. The minimum absolute atomic E-state index is 0.0798. The Balaban J connectivity index is 0.000000184. The Bertz CT molecular complexity index is 2590. The maximum Gasteiger partial charge on any atom is 0.339 e. The summed E-state index contributed by atoms with van der Waals surface area (Å²) in [5.41, 5.74) is 5.79. The molecule has 0 spiro atoms. The van der Waals surface area contributed by atoms with Gasteiger partial charge >= 0.3 is 10.9 Å². The highest BCUT2D eigenvalue weighted by atomic mass is 36.0. The van der Waals surface area contributed by atoms with Crippen molar-refractivity contribution in [3.63, 3.8) is 0 Å². The maximum absolute atomic E-state index is 13.5. The van der Waals surface area contributed by atoms with E-state index in [2.05, 4.69) is 63.9 Å². The van der Waals surface area contributed by atoms with E-state index in [1.54, 1.807) is 38.5 Å². The second-order valence-electron chi connectivity index (χ2n) is 13.9. The summed E-state index contributed by atoms with van der Waals surface area (Å²) < 4.78 is 46.9. The van der Waals surface area contributed by atoms with Crippen LogP contribution in [0.1, 0.15) is 56.7 Å². The molecule has 0 fully saturated rings. The number of nitrogens with one attached hydrogen (secondary N) is 3. The van der Waals surface area contributed by atoms with Crippen molar-refractivity contribution in [2.75, 3.05) is 20.8 Å². The standard InChI is InChI=1S/C21H18Cl2FN3O.C21H20FN3O3.Cl3OP/c1-28-16-8-2-13(3-9-16)12-27-11-10-17-18(25-21(23)26-20(17)22)19(27)14-4-6-15(24)7-5-14;1-28-15-8-2-12(3-9-15)10-17-18(13-4-6-14(22)7-5-13)19-16(11-23-17)20(26)25-21(27)24-19;1-5(2,3)4/h2-9,19H,10-12H2,1H3;2-9,17-18,23H,10-11H2,1H3,(H2,24,25,26,27);. The van der Waals surface area contributed by atoms with Gasteiger partial charge in [-0.2, -0.15) is 0 Å². The molecular weight excluding hydrogens is 915 g/mol. The van der Waals surface area contributed by atoms with Crippen LogP contribution in [0.25, 0.3) is 0 Å². The van der Waals surface area contributed by atoms with Crippen LogP contribution in [0.3, 0.4) is 0 Å². The summed E-state index contributed by atoms with van der Waals surface area (Å²) in [6, 6.07) is 28.1. The van der Waals surface area contributed by atoms with Crippen molar-refractivity contribution >= 4 is 62.1 Å². The molecule has 61 heavy (non-hydrogen) atoms. The monoisotopic (exact) mass is 950 g/mol. The fourth-order valence-corrected chi connectivity index (χ4v) is 7.90. The largest absolute Gasteiger partial charge is 0.497 e. The Morgan fingerprint density at radius 3 is 1.85 bits per heavy atom. The molecule has 6 aromatic rings. The second kappa shape index (κ2) is 20.7. The molecule has 2 aliphatic rings. The lowest BCUT2D eigenvalue weighted by atomic mass is 9.81. The predicted octanol–water partition coefficient (Wildman–Crippen LogP) is 9.95. The summed E-state index contributed by atoms with van der Waals surface area (Å²) in [4.78, 5) is 40.1. The van der Waals surface area contributed by atoms with E-state index in [0.29, 0.717) is 35.9 Å². The Kier molecular flexibility index (Phi) is 15.7. The van der Waals surface area contributed by atoms with Crippen molar-refractivity contribution in [2.45, 2.75) is 43.9 Å². The highest BCUT2D eigenvalue weighted by Gasteiger charge is 2.34. The summed E-state index contributed by atoms with van der Waals surface area (Å²) in [5, 5.41) is 0.680. The van der Waals surface area contributed by atoms with Crippen LogP contribution in [0.2, 0.25) is 10.4 Å². The topological polar surface area (TPSA) is 142 Å². The molecule has 4 heterocycles. The quantitative estimate of drug-likeness (QED) is 0.0772. The van der Waals surface area contributed by atoms with Gasteiger partial charge in [0.25, 0.3) is 5.56 Å². The lowest BCUT2D eigenvalue weighted by molar-refractivity contribution is 0.199. The number of aromatic amines is 2. The molecular formula is C42H38Cl5F2N6O5P. The molecule has 0 saturated heterocycles. The summed E-state index contributed by atoms with van der Waals surface area (Å²) in [6.07, 6.45) is 1.39. The zero-order chi connectivity index (χ0) is 43.8. The zero-order valence-corrected chi connectivity index (χ0v) is 37.2. The van der Waals surface area contributed by atoms with Crippen LogP contribution >= 0.6 is 62.1 Å². The summed E-state index contributed by atoms with van der Waals surface area (Å²) in [7, 11) is 3.27. The maximum atomic E-state index is 13.5. The smallest absolute Gasteiger partial charge is 0.339 e. The fourth-order valence-electron chi connectivity index (χ4n) is 7.41. The third kappa shape index (κ3) is 12.4. The third-order valence-corrected chi connectivity index (χ3v) is 10.6. The number of ether oxygens (including phenoxy) is 2. The normalized spacial score (nSPS) is 17.1. The van der Waals surface area contributed by atoms with Crippen LogP contribution in [0.4, 0.5) is 8.78 Å². The average molecular weight is 953 g/mol. The predicted molar refractivity (Wildman–Crippen MR) is 236 cm³/mol. The highest BCUT2D eigenvalue weighted by Crippen LogP contribution is 2.61. The van der Waals surface area contributed by atoms with E-state index in [1.807, 2.05) is 48.5 Å². The number of nitrogens with zero attached hydrogens (tertiary/aromatic N) is 3. The van der Waals surface area contributed by atoms with E-state index in [9.17, 15) is 22.9 Å². The van der Waals surface area contributed by atoms with Gasteiger partial charge in [-0.1, -0.05) is 60.1 Å². The van der Waals surface area contributed by atoms with Gasteiger partial charge in [0, 0.05) is 42.9 Å². The van der Waals surface area contributed by atoms with Crippen LogP contribution in [0.15, 0.2) is 107 Å². The van der Waals surface area contributed by atoms with Crippen LogP contribution in [0, 0.1) is 11.6 Å². The average Bonchev–Trinajstić information content (AvgIpc) is 3.21. The molecule has 2 aromatic heterocycles. The number of fused-ring (bicyclic) bond motifs is 2. The van der Waals surface area contributed by atoms with Gasteiger partial charge < -0.3 is 19.8 Å². The Hall–Kier alpha value is -4.30. The fraction of sp³-hybridized carbons (Fsp3) is 0.238. The van der Waals surface area contributed by atoms with Crippen LogP contribution < -0.4 is 26.0 Å². The van der Waals surface area contributed by atoms with Crippen molar-refractivity contribution in [3.05, 3.63) is 185 Å². The van der Waals surface area contributed by atoms with E-state index < -0.39 is 16.4 Å². The molecule has 3 unspecified atom stereocenters. The summed E-state index contributed by atoms with van der Waals surface area (Å²) in [5.74, 6) is 0.686. The van der Waals surface area contributed by atoms with Crippen molar-refractivity contribution < 1.29 is 22.8 Å². The Labute approximate surface area is 374 Å². The van der Waals surface area contributed by atoms with Gasteiger partial charge in [0.05, 0.1) is 31.5 Å². The summed E-state index contributed by atoms with van der Waals surface area (Å²) in [6.45, 7) is 1.82. The molecule has 2 aliphatic heterocycles. The van der Waals surface area contributed by atoms with Gasteiger partial charge in [-0.3, -0.25) is 19.2 Å². The molecule has 3 N–H and O–H groups in total. The number of hydrogen-bond acceptors (Lipinski definition) is 9. The van der Waals surface area contributed by atoms with Crippen molar-refractivity contribution in [2.24, 2.45) is 0 Å². The van der Waals surface area contributed by atoms with Gasteiger partial charge in [-0.15, -0.1) is 0 Å². The molecule has 11 nitrogen and oxygen atoms in total. The van der Waals surface area contributed by atoms with Gasteiger partial charge in [0.1, 0.15) is 28.3 Å². The number of rotatable bonds is 8. The SMILES string of the molecule is COc1ccc(CC2NCc3c([nH]c(=O)[nH]c3=O)C2c2ccc(F)cc2)cc1.COc1ccc(CN2CCc3c(Cl)nc(Cl)nc3C2c2ccc(F)cc2)cc1.O=P(Cl)(Cl)Cl. The number of methoxy groups -OCH3 is 2. The molecule has 0 radical (unpaired) electrons. The Morgan fingerprint density at radius 1 is 0.754 bits per heavy atom. The lowest BCUT2D eigenvalue weighted by Gasteiger charge is -2.37. The molecule has 8 rings (SSSR count). The zero-order valence-electron chi connectivity index (χ0n) is 32.5. The first-order chi connectivity index (χ1) is 29.1. The Morgan fingerprint density at radius 2 is 1.30 bits per heavy atom. The van der Waals surface area contributed by atoms with Crippen molar-refractivity contribution in [1.29, 1.82) is 0 Å². The van der Waals surface area contributed by atoms with Crippen LogP contribution in [-0.4, -0.2) is 51.6 Å². The van der Waals surface area contributed by atoms with Crippen LogP contribution in [-0.2, 0) is 30.5 Å². The van der Waals surface area contributed by atoms with Gasteiger partial charge in [0.15, 0.2) is 0 Å². The third-order valence-electron chi connectivity index (χ3n) is 10.1. The molecule has 4 aromatic carbocycles. The molecule has 0 amide bonds. The van der Waals surface area contributed by atoms with E-state index in [4.69, 9.17) is 32.7 Å². The minimum atomic E-state index is -3.22. The van der Waals surface area contributed by atoms with E-state index in [0.717, 1.165) is 58.0 Å². The van der Waals surface area contributed by atoms with E-state index in [1.165, 1.54) is 24.3 Å². The molecule has 320 valence electrons.